The van der Waals surface area contributed by atoms with Crippen LogP contribution in [0.25, 0.3) is 0 Å². The van der Waals surface area contributed by atoms with E-state index in [1.54, 1.807) is 0 Å². The number of benzene rings is 1. The molecule has 0 amide bonds. The van der Waals surface area contributed by atoms with Gasteiger partial charge in [0.05, 0.1) is 0 Å². The lowest BCUT2D eigenvalue weighted by Gasteiger charge is -2.12. The van der Waals surface area contributed by atoms with Crippen LogP contribution >= 0.6 is 0 Å². The first kappa shape index (κ1) is 11.7. The SMILES string of the molecule is Cc1ccc(CCNC2CCCC2)c(C)c1. The molecule has 1 N–H and O–H groups in total. The molecule has 0 heterocycles. The van der Waals surface area contributed by atoms with Crippen molar-refractivity contribution in [1.82, 2.24) is 5.32 Å². The second-order valence-corrected chi connectivity index (χ2v) is 5.12. The van der Waals surface area contributed by atoms with E-state index < -0.39 is 0 Å². The van der Waals surface area contributed by atoms with Gasteiger partial charge in [-0.2, -0.15) is 0 Å². The second-order valence-electron chi connectivity index (χ2n) is 5.12. The van der Waals surface area contributed by atoms with Crippen molar-refractivity contribution in [1.29, 1.82) is 0 Å². The predicted octanol–water partition coefficient (Wildman–Crippen LogP) is 3.38. The van der Waals surface area contributed by atoms with Gasteiger partial charge >= 0.3 is 0 Å². The minimum atomic E-state index is 0.797. The third-order valence-corrected chi connectivity index (χ3v) is 3.68. The van der Waals surface area contributed by atoms with E-state index in [2.05, 4.69) is 37.4 Å². The molecular weight excluding hydrogens is 194 g/mol. The molecule has 1 nitrogen and oxygen atoms in total. The lowest BCUT2D eigenvalue weighted by atomic mass is 10.0. The maximum absolute atomic E-state index is 3.67. The Bertz CT molecular complexity index is 337. The van der Waals surface area contributed by atoms with E-state index >= 15 is 0 Å². The van der Waals surface area contributed by atoms with Crippen LogP contribution in [0.5, 0.6) is 0 Å². The van der Waals surface area contributed by atoms with Gasteiger partial charge in [0.15, 0.2) is 0 Å². The summed E-state index contributed by atoms with van der Waals surface area (Å²) in [6.07, 6.45) is 6.77. The maximum atomic E-state index is 3.67. The molecule has 1 aromatic carbocycles. The number of rotatable bonds is 4. The van der Waals surface area contributed by atoms with Crippen LogP contribution in [0.4, 0.5) is 0 Å². The van der Waals surface area contributed by atoms with Gasteiger partial charge in [0.1, 0.15) is 0 Å². The molecule has 1 aliphatic carbocycles. The van der Waals surface area contributed by atoms with Gasteiger partial charge in [0.25, 0.3) is 0 Å². The van der Waals surface area contributed by atoms with Crippen LogP contribution in [0.1, 0.15) is 42.4 Å². The highest BCUT2D eigenvalue weighted by Crippen LogP contribution is 2.17. The largest absolute Gasteiger partial charge is 0.314 e. The normalized spacial score (nSPS) is 16.9. The van der Waals surface area contributed by atoms with Gasteiger partial charge < -0.3 is 5.32 Å². The molecule has 16 heavy (non-hydrogen) atoms. The van der Waals surface area contributed by atoms with Crippen LogP contribution in [0.15, 0.2) is 18.2 Å². The van der Waals surface area contributed by atoms with Crippen LogP contribution in [-0.2, 0) is 6.42 Å². The molecule has 0 unspecified atom stereocenters. The van der Waals surface area contributed by atoms with E-state index in [4.69, 9.17) is 0 Å². The molecule has 0 saturated heterocycles. The van der Waals surface area contributed by atoms with Crippen LogP contribution < -0.4 is 5.32 Å². The molecule has 88 valence electrons. The third-order valence-electron chi connectivity index (χ3n) is 3.68. The highest BCUT2D eigenvalue weighted by molar-refractivity contribution is 5.30. The molecule has 0 radical (unpaired) electrons. The summed E-state index contributed by atoms with van der Waals surface area (Å²) in [6, 6.07) is 7.58. The zero-order valence-electron chi connectivity index (χ0n) is 10.6. The summed E-state index contributed by atoms with van der Waals surface area (Å²) in [4.78, 5) is 0. The summed E-state index contributed by atoms with van der Waals surface area (Å²) in [5.74, 6) is 0. The molecule has 0 bridgehead atoms. The van der Waals surface area contributed by atoms with Crippen molar-refractivity contribution in [3.63, 3.8) is 0 Å². The van der Waals surface area contributed by atoms with Gasteiger partial charge in [-0.15, -0.1) is 0 Å². The Morgan fingerprint density at radius 2 is 1.94 bits per heavy atom. The highest BCUT2D eigenvalue weighted by Gasteiger charge is 2.13. The Labute approximate surface area is 99.3 Å². The lowest BCUT2D eigenvalue weighted by molar-refractivity contribution is 0.527. The minimum absolute atomic E-state index is 0.797. The maximum Gasteiger partial charge on any atom is 0.00671 e. The van der Waals surface area contributed by atoms with Crippen LogP contribution in [0.2, 0.25) is 0 Å². The Morgan fingerprint density at radius 1 is 1.19 bits per heavy atom. The van der Waals surface area contributed by atoms with E-state index in [-0.39, 0.29) is 0 Å². The van der Waals surface area contributed by atoms with Crippen molar-refractivity contribution < 1.29 is 0 Å². The number of aryl methyl sites for hydroxylation is 2. The Morgan fingerprint density at radius 3 is 2.62 bits per heavy atom. The van der Waals surface area contributed by atoms with E-state index in [1.807, 2.05) is 0 Å². The third kappa shape index (κ3) is 3.08. The van der Waals surface area contributed by atoms with Crippen molar-refractivity contribution in [3.8, 4) is 0 Å². The van der Waals surface area contributed by atoms with Crippen molar-refractivity contribution >= 4 is 0 Å². The molecule has 0 aliphatic heterocycles. The summed E-state index contributed by atoms with van der Waals surface area (Å²) < 4.78 is 0. The fraction of sp³-hybridized carbons (Fsp3) is 0.600. The molecule has 1 aliphatic rings. The van der Waals surface area contributed by atoms with Crippen LogP contribution in [0.3, 0.4) is 0 Å². The topological polar surface area (TPSA) is 12.0 Å². The fourth-order valence-electron chi connectivity index (χ4n) is 2.67. The zero-order valence-corrected chi connectivity index (χ0v) is 10.6. The predicted molar refractivity (Wildman–Crippen MR) is 69.9 cm³/mol. The fourth-order valence-corrected chi connectivity index (χ4v) is 2.67. The molecule has 1 heteroatoms. The number of nitrogens with one attached hydrogen (secondary N) is 1. The molecule has 1 aromatic rings. The molecule has 1 saturated carbocycles. The minimum Gasteiger partial charge on any atom is -0.314 e. The molecular formula is C15H23N. The molecule has 0 aromatic heterocycles. The van der Waals surface area contributed by atoms with Gasteiger partial charge in [0.2, 0.25) is 0 Å². The van der Waals surface area contributed by atoms with Crippen molar-refractivity contribution in [3.05, 3.63) is 34.9 Å². The molecule has 2 rings (SSSR count). The highest BCUT2D eigenvalue weighted by atomic mass is 14.9. The van der Waals surface area contributed by atoms with Crippen LogP contribution in [0, 0.1) is 13.8 Å². The first-order valence-corrected chi connectivity index (χ1v) is 6.55. The molecule has 0 spiro atoms. The zero-order chi connectivity index (χ0) is 11.4. The van der Waals surface area contributed by atoms with Gasteiger partial charge in [-0.25, -0.2) is 0 Å². The summed E-state index contributed by atoms with van der Waals surface area (Å²) in [5, 5.41) is 3.67. The first-order valence-electron chi connectivity index (χ1n) is 6.55. The number of hydrogen-bond donors (Lipinski definition) is 1. The van der Waals surface area contributed by atoms with Crippen molar-refractivity contribution in [2.24, 2.45) is 0 Å². The summed E-state index contributed by atoms with van der Waals surface area (Å²) in [7, 11) is 0. The van der Waals surface area contributed by atoms with Gasteiger partial charge in [-0.3, -0.25) is 0 Å². The Kier molecular flexibility index (Phi) is 4.00. The van der Waals surface area contributed by atoms with Gasteiger partial charge in [-0.05, 0) is 50.8 Å². The summed E-state index contributed by atoms with van der Waals surface area (Å²) in [6.45, 7) is 5.51. The van der Waals surface area contributed by atoms with E-state index in [1.165, 1.54) is 48.8 Å². The average molecular weight is 217 g/mol. The van der Waals surface area contributed by atoms with Crippen molar-refractivity contribution in [2.75, 3.05) is 6.54 Å². The summed E-state index contributed by atoms with van der Waals surface area (Å²) >= 11 is 0. The standard InChI is InChI=1S/C15H23N/c1-12-7-8-14(13(2)11-12)9-10-16-15-5-3-4-6-15/h7-8,11,15-16H,3-6,9-10H2,1-2H3. The first-order chi connectivity index (χ1) is 7.75. The molecule has 0 atom stereocenters. The second kappa shape index (κ2) is 5.49. The van der Waals surface area contributed by atoms with Crippen LogP contribution in [-0.4, -0.2) is 12.6 Å². The smallest absolute Gasteiger partial charge is 0.00671 e. The van der Waals surface area contributed by atoms with E-state index in [0.29, 0.717) is 0 Å². The molecule has 1 fully saturated rings. The quantitative estimate of drug-likeness (QED) is 0.815. The van der Waals surface area contributed by atoms with Gasteiger partial charge in [0, 0.05) is 6.04 Å². The Hall–Kier alpha value is -0.820. The monoisotopic (exact) mass is 217 g/mol. The average Bonchev–Trinajstić information content (AvgIpc) is 2.74. The van der Waals surface area contributed by atoms with E-state index in [9.17, 15) is 0 Å². The summed E-state index contributed by atoms with van der Waals surface area (Å²) in [5.41, 5.74) is 4.30. The van der Waals surface area contributed by atoms with Crippen molar-refractivity contribution in [2.45, 2.75) is 52.0 Å². The number of hydrogen-bond acceptors (Lipinski definition) is 1. The lowest BCUT2D eigenvalue weighted by Crippen LogP contribution is -2.28. The van der Waals surface area contributed by atoms with E-state index in [0.717, 1.165) is 12.6 Å². The Balaban J connectivity index is 1.80. The van der Waals surface area contributed by atoms with Gasteiger partial charge in [-0.1, -0.05) is 36.6 Å².